The van der Waals surface area contributed by atoms with E-state index in [1.807, 2.05) is 39.8 Å². The highest BCUT2D eigenvalue weighted by Gasteiger charge is 2.52. The van der Waals surface area contributed by atoms with Gasteiger partial charge >= 0.3 is 7.12 Å². The minimum atomic E-state index is -0.662. The number of hydrogen-bond donors (Lipinski definition) is 0. The third-order valence-electron chi connectivity index (χ3n) is 10.0. The average Bonchev–Trinajstić information content (AvgIpc) is 3.15. The Morgan fingerprint density at radius 2 is 1.09 bits per heavy atom. The largest absolute Gasteiger partial charge is 0.497 e. The molecular weight excluding hydrogens is 633 g/mol. The zero-order valence-corrected chi connectivity index (χ0v) is 27.8. The normalized spacial score (nSPS) is 24.5. The van der Waals surface area contributed by atoms with Gasteiger partial charge in [-0.25, -0.2) is 8.78 Å². The Bertz CT molecular complexity index is 1280. The van der Waals surface area contributed by atoms with E-state index in [1.54, 1.807) is 24.3 Å². The first kappa shape index (κ1) is 32.2. The van der Waals surface area contributed by atoms with Crippen molar-refractivity contribution in [3.8, 4) is 0 Å². The van der Waals surface area contributed by atoms with Crippen LogP contribution in [-0.4, -0.2) is 119 Å². The monoisotopic (exact) mass is 676 g/mol. The molecule has 0 radical (unpaired) electrons. The summed E-state index contributed by atoms with van der Waals surface area (Å²) < 4.78 is 51.3. The predicted octanol–water partition coefficient (Wildman–Crippen LogP) is 3.75. The van der Waals surface area contributed by atoms with E-state index in [1.165, 1.54) is 0 Å². The second-order valence-corrected chi connectivity index (χ2v) is 14.2. The quantitative estimate of drug-likeness (QED) is 0.444. The number of halogens is 3. The highest BCUT2D eigenvalue weighted by molar-refractivity contribution is 9.10. The van der Waals surface area contributed by atoms with Gasteiger partial charge in [0.25, 0.3) is 0 Å². The van der Waals surface area contributed by atoms with E-state index in [4.69, 9.17) is 18.8 Å². The van der Waals surface area contributed by atoms with Gasteiger partial charge in [-0.2, -0.15) is 0 Å². The maximum atomic E-state index is 14.8. The summed E-state index contributed by atoms with van der Waals surface area (Å²) in [5.74, 6) is -0.460. The van der Waals surface area contributed by atoms with Crippen LogP contribution in [0.4, 0.5) is 20.2 Å². The Labute approximate surface area is 268 Å². The molecule has 0 aliphatic carbocycles. The summed E-state index contributed by atoms with van der Waals surface area (Å²) in [5.41, 5.74) is 1.43. The minimum absolute atomic E-state index is 0.192. The molecule has 0 atom stereocenters. The molecule has 0 unspecified atom stereocenters. The van der Waals surface area contributed by atoms with Gasteiger partial charge in [-0.1, -0.05) is 6.07 Å². The number of benzene rings is 2. The fourth-order valence-corrected chi connectivity index (χ4v) is 6.36. The summed E-state index contributed by atoms with van der Waals surface area (Å²) in [4.78, 5) is 9.42. The predicted molar refractivity (Wildman–Crippen MR) is 173 cm³/mol. The fraction of sp³-hybridized carbons (Fsp3) is 0.625. The van der Waals surface area contributed by atoms with Gasteiger partial charge in [0.1, 0.15) is 11.6 Å². The highest BCUT2D eigenvalue weighted by Crippen LogP contribution is 2.37. The first-order chi connectivity index (χ1) is 21.0. The molecule has 5 fully saturated rings. The van der Waals surface area contributed by atoms with E-state index in [2.05, 4.69) is 35.5 Å². The molecule has 5 saturated heterocycles. The smallest absolute Gasteiger partial charge is 0.399 e. The van der Waals surface area contributed by atoms with E-state index < -0.39 is 18.3 Å². The van der Waals surface area contributed by atoms with Gasteiger partial charge in [0.05, 0.1) is 54.2 Å². The third kappa shape index (κ3) is 6.82. The lowest BCUT2D eigenvalue weighted by atomic mass is 9.78. The summed E-state index contributed by atoms with van der Waals surface area (Å²) in [7, 11) is -0.662. The van der Waals surface area contributed by atoms with E-state index in [0.29, 0.717) is 22.0 Å². The molecule has 0 bridgehead atoms. The van der Waals surface area contributed by atoms with Gasteiger partial charge in [0.2, 0.25) is 0 Å². The van der Waals surface area contributed by atoms with Crippen molar-refractivity contribution in [1.29, 1.82) is 0 Å². The zero-order chi connectivity index (χ0) is 31.1. The summed E-state index contributed by atoms with van der Waals surface area (Å²) in [6.07, 6.45) is 0. The molecule has 2 aromatic carbocycles. The van der Waals surface area contributed by atoms with Crippen LogP contribution in [-0.2, 0) is 18.8 Å². The van der Waals surface area contributed by atoms with Gasteiger partial charge in [0.15, 0.2) is 0 Å². The number of rotatable bonds is 5. The standard InChI is InChI=1S/C19H28BFN2O3.C13H16BrFN2O/c1-18(2)19(3,4)26-20(25-18)16-6-5-14(11-17(16)21)22-7-9-23(10-8-22)15-12-24-13-15;14-12-2-1-10(7-13(12)15)16-3-5-17(6-4-16)11-8-18-9-11/h5-6,11,15H,7-10,12-13H2,1-4H3;1-2,7,11H,3-6,8-9H2. The third-order valence-corrected chi connectivity index (χ3v) is 10.7. The van der Waals surface area contributed by atoms with E-state index in [9.17, 15) is 8.78 Å². The van der Waals surface area contributed by atoms with Crippen LogP contribution in [0.25, 0.3) is 0 Å². The maximum Gasteiger partial charge on any atom is 0.497 e. The molecule has 5 aliphatic heterocycles. The second-order valence-electron chi connectivity index (χ2n) is 13.3. The van der Waals surface area contributed by atoms with Gasteiger partial charge in [0, 0.05) is 69.2 Å². The van der Waals surface area contributed by atoms with Crippen LogP contribution in [0.3, 0.4) is 0 Å². The molecule has 240 valence electrons. The van der Waals surface area contributed by atoms with Crippen LogP contribution >= 0.6 is 15.9 Å². The maximum absolute atomic E-state index is 14.8. The lowest BCUT2D eigenvalue weighted by molar-refractivity contribution is -0.0660. The Morgan fingerprint density at radius 1 is 0.659 bits per heavy atom. The van der Waals surface area contributed by atoms with E-state index in [-0.39, 0.29) is 11.6 Å². The lowest BCUT2D eigenvalue weighted by Gasteiger charge is -2.43. The topological polar surface area (TPSA) is 49.9 Å². The average molecular weight is 677 g/mol. The number of anilines is 2. The molecule has 2 aromatic rings. The first-order valence-corrected chi connectivity index (χ1v) is 16.5. The molecule has 7 rings (SSSR count). The molecule has 5 heterocycles. The molecule has 44 heavy (non-hydrogen) atoms. The van der Waals surface area contributed by atoms with Crippen molar-refractivity contribution in [3.63, 3.8) is 0 Å². The molecule has 0 aromatic heterocycles. The van der Waals surface area contributed by atoms with Gasteiger partial charge in [-0.3, -0.25) is 9.80 Å². The Kier molecular flexibility index (Phi) is 9.60. The van der Waals surface area contributed by atoms with Crippen molar-refractivity contribution in [1.82, 2.24) is 9.80 Å². The molecule has 0 N–H and O–H groups in total. The zero-order valence-electron chi connectivity index (χ0n) is 26.2. The number of ether oxygens (including phenoxy) is 2. The van der Waals surface area contributed by atoms with Crippen LogP contribution in [0.15, 0.2) is 40.9 Å². The van der Waals surface area contributed by atoms with Crippen LogP contribution in [0.1, 0.15) is 27.7 Å². The van der Waals surface area contributed by atoms with Gasteiger partial charge in [-0.05, 0) is 74.0 Å². The molecule has 8 nitrogen and oxygen atoms in total. The first-order valence-electron chi connectivity index (χ1n) is 15.7. The Balaban J connectivity index is 0.000000167. The lowest BCUT2D eigenvalue weighted by Crippen LogP contribution is -2.56. The molecule has 0 saturated carbocycles. The van der Waals surface area contributed by atoms with Crippen molar-refractivity contribution < 1.29 is 27.6 Å². The van der Waals surface area contributed by atoms with Crippen molar-refractivity contribution in [2.45, 2.75) is 51.0 Å². The number of hydrogen-bond acceptors (Lipinski definition) is 8. The van der Waals surface area contributed by atoms with Crippen LogP contribution in [0.2, 0.25) is 0 Å². The van der Waals surface area contributed by atoms with Gasteiger partial charge < -0.3 is 28.6 Å². The Hall–Kier alpha value is -1.80. The molecule has 5 aliphatic rings. The number of nitrogens with zero attached hydrogens (tertiary/aromatic N) is 4. The van der Waals surface area contributed by atoms with Gasteiger partial charge in [-0.15, -0.1) is 0 Å². The molecular formula is C32H44BBrF2N4O4. The van der Waals surface area contributed by atoms with Crippen LogP contribution in [0, 0.1) is 11.6 Å². The van der Waals surface area contributed by atoms with Crippen LogP contribution < -0.4 is 15.3 Å². The van der Waals surface area contributed by atoms with Crippen LogP contribution in [0.5, 0.6) is 0 Å². The van der Waals surface area contributed by atoms with E-state index in [0.717, 1.165) is 90.2 Å². The summed E-state index contributed by atoms with van der Waals surface area (Å²) in [6, 6.07) is 11.9. The summed E-state index contributed by atoms with van der Waals surface area (Å²) in [5, 5.41) is 0. The van der Waals surface area contributed by atoms with E-state index >= 15 is 0 Å². The SMILES string of the molecule is CC1(C)OB(c2ccc(N3CCN(C4COC4)CC3)cc2F)OC1(C)C.Fc1cc(N2CCN(C3COC3)CC2)ccc1Br. The van der Waals surface area contributed by atoms with Crippen molar-refractivity contribution >= 4 is 39.9 Å². The summed E-state index contributed by atoms with van der Waals surface area (Å²) in [6.45, 7) is 19.1. The minimum Gasteiger partial charge on any atom is -0.399 e. The molecule has 0 spiro atoms. The highest BCUT2D eigenvalue weighted by atomic mass is 79.9. The second kappa shape index (κ2) is 13.1. The molecule has 12 heteroatoms. The van der Waals surface area contributed by atoms with Crippen molar-refractivity contribution in [2.24, 2.45) is 0 Å². The van der Waals surface area contributed by atoms with Crippen molar-refractivity contribution in [2.75, 3.05) is 88.6 Å². The van der Waals surface area contributed by atoms with Crippen molar-refractivity contribution in [3.05, 3.63) is 52.5 Å². The summed E-state index contributed by atoms with van der Waals surface area (Å²) >= 11 is 3.18. The Morgan fingerprint density at radius 3 is 1.48 bits per heavy atom. The molecule has 0 amide bonds. The fourth-order valence-electron chi connectivity index (χ4n) is 6.11. The number of piperazine rings is 2.